The second kappa shape index (κ2) is 8.81. The summed E-state index contributed by atoms with van der Waals surface area (Å²) in [6.45, 7) is 6.41. The molecule has 106 valence electrons. The average Bonchev–Trinajstić information content (AvgIpc) is 2.41. The Balaban J connectivity index is 2.60. The largest absolute Gasteiger partial charge is 0.310 e. The quantitative estimate of drug-likeness (QED) is 0.503. The summed E-state index contributed by atoms with van der Waals surface area (Å²) in [6, 6.07) is 4.28. The highest BCUT2D eigenvalue weighted by molar-refractivity contribution is 5.22. The number of allylic oxidation sites excluding steroid dienone is 1. The van der Waals surface area contributed by atoms with Crippen molar-refractivity contribution >= 4 is 0 Å². The Morgan fingerprint density at radius 1 is 1.26 bits per heavy atom. The van der Waals surface area contributed by atoms with E-state index in [1.54, 1.807) is 12.1 Å². The lowest BCUT2D eigenvalue weighted by atomic mass is 9.99. The van der Waals surface area contributed by atoms with Crippen LogP contribution in [0.15, 0.2) is 30.9 Å². The van der Waals surface area contributed by atoms with E-state index in [1.807, 2.05) is 13.0 Å². The summed E-state index contributed by atoms with van der Waals surface area (Å²) >= 11 is 0. The first-order valence-electron chi connectivity index (χ1n) is 6.98. The highest BCUT2D eigenvalue weighted by atomic mass is 19.2. The number of hydrogen-bond donors (Lipinski definition) is 1. The molecule has 1 atom stereocenters. The molecule has 0 radical (unpaired) electrons. The van der Waals surface area contributed by atoms with Gasteiger partial charge in [0, 0.05) is 11.6 Å². The first-order chi connectivity index (χ1) is 9.20. The van der Waals surface area contributed by atoms with Crippen molar-refractivity contribution in [1.82, 2.24) is 5.32 Å². The van der Waals surface area contributed by atoms with E-state index in [9.17, 15) is 8.78 Å². The van der Waals surface area contributed by atoms with Gasteiger partial charge < -0.3 is 5.32 Å². The van der Waals surface area contributed by atoms with Gasteiger partial charge in [-0.2, -0.15) is 0 Å². The monoisotopic (exact) mass is 267 g/mol. The van der Waals surface area contributed by atoms with Crippen molar-refractivity contribution in [2.45, 2.75) is 45.1 Å². The maximum absolute atomic E-state index is 13.8. The van der Waals surface area contributed by atoms with Gasteiger partial charge in [0.05, 0.1) is 0 Å². The Labute approximate surface area is 114 Å². The Morgan fingerprint density at radius 2 is 2.05 bits per heavy atom. The molecule has 0 aliphatic carbocycles. The van der Waals surface area contributed by atoms with Gasteiger partial charge in [-0.05, 0) is 31.9 Å². The molecule has 0 aromatic heterocycles. The molecule has 19 heavy (non-hydrogen) atoms. The van der Waals surface area contributed by atoms with E-state index in [4.69, 9.17) is 0 Å². The SMILES string of the molecule is C=CCCCCCC(NCC)c1cccc(F)c1F. The van der Waals surface area contributed by atoms with Crippen LogP contribution >= 0.6 is 0 Å². The third kappa shape index (κ3) is 5.11. The highest BCUT2D eigenvalue weighted by Gasteiger charge is 2.16. The summed E-state index contributed by atoms with van der Waals surface area (Å²) in [5.74, 6) is -1.49. The lowest BCUT2D eigenvalue weighted by Gasteiger charge is -2.19. The summed E-state index contributed by atoms with van der Waals surface area (Å²) in [5.41, 5.74) is 0.436. The standard InChI is InChI=1S/C16H23F2N/c1-3-5-6-7-8-12-15(19-4-2)13-10-9-11-14(17)16(13)18/h3,9-11,15,19H,1,4-8,12H2,2H3. The van der Waals surface area contributed by atoms with Crippen molar-refractivity contribution in [2.75, 3.05) is 6.54 Å². The van der Waals surface area contributed by atoms with E-state index in [0.717, 1.165) is 44.7 Å². The van der Waals surface area contributed by atoms with Crippen LogP contribution in [0.5, 0.6) is 0 Å². The third-order valence-corrected chi connectivity index (χ3v) is 3.21. The number of unbranched alkanes of at least 4 members (excludes halogenated alkanes) is 3. The number of benzene rings is 1. The summed E-state index contributed by atoms with van der Waals surface area (Å²) in [7, 11) is 0. The summed E-state index contributed by atoms with van der Waals surface area (Å²) in [6.07, 6.45) is 6.94. The fraction of sp³-hybridized carbons (Fsp3) is 0.500. The summed E-state index contributed by atoms with van der Waals surface area (Å²) in [4.78, 5) is 0. The average molecular weight is 267 g/mol. The second-order valence-electron chi connectivity index (χ2n) is 4.68. The zero-order chi connectivity index (χ0) is 14.1. The number of hydrogen-bond acceptors (Lipinski definition) is 1. The van der Waals surface area contributed by atoms with Gasteiger partial charge in [-0.1, -0.05) is 38.0 Å². The van der Waals surface area contributed by atoms with Crippen molar-refractivity contribution in [1.29, 1.82) is 0 Å². The minimum Gasteiger partial charge on any atom is -0.310 e. The van der Waals surface area contributed by atoms with Crippen LogP contribution in [-0.2, 0) is 0 Å². The molecule has 0 saturated heterocycles. The predicted octanol–water partition coefficient (Wildman–Crippen LogP) is 4.75. The summed E-state index contributed by atoms with van der Waals surface area (Å²) in [5, 5.41) is 3.23. The van der Waals surface area contributed by atoms with Crippen LogP contribution in [0.1, 0.15) is 50.6 Å². The van der Waals surface area contributed by atoms with Crippen molar-refractivity contribution in [2.24, 2.45) is 0 Å². The van der Waals surface area contributed by atoms with Gasteiger partial charge in [0.25, 0.3) is 0 Å². The van der Waals surface area contributed by atoms with Gasteiger partial charge in [-0.25, -0.2) is 8.78 Å². The van der Waals surface area contributed by atoms with E-state index in [0.29, 0.717) is 5.56 Å². The summed E-state index contributed by atoms with van der Waals surface area (Å²) < 4.78 is 27.0. The number of nitrogens with one attached hydrogen (secondary N) is 1. The molecule has 0 amide bonds. The Morgan fingerprint density at radius 3 is 2.74 bits per heavy atom. The topological polar surface area (TPSA) is 12.0 Å². The second-order valence-corrected chi connectivity index (χ2v) is 4.68. The van der Waals surface area contributed by atoms with Gasteiger partial charge in [0.15, 0.2) is 11.6 Å². The van der Waals surface area contributed by atoms with Crippen molar-refractivity contribution in [3.63, 3.8) is 0 Å². The molecule has 0 aliphatic heterocycles. The van der Waals surface area contributed by atoms with E-state index in [-0.39, 0.29) is 6.04 Å². The minimum atomic E-state index is -0.771. The molecule has 0 bridgehead atoms. The molecule has 0 saturated carbocycles. The zero-order valence-corrected chi connectivity index (χ0v) is 11.6. The Hall–Kier alpha value is -1.22. The lowest BCUT2D eigenvalue weighted by molar-refractivity contribution is 0.439. The molecular formula is C16H23F2N. The van der Waals surface area contributed by atoms with Gasteiger partial charge in [-0.15, -0.1) is 6.58 Å². The smallest absolute Gasteiger partial charge is 0.163 e. The molecule has 0 heterocycles. The van der Waals surface area contributed by atoms with Gasteiger partial charge in [-0.3, -0.25) is 0 Å². The van der Waals surface area contributed by atoms with E-state index in [1.165, 1.54) is 0 Å². The molecule has 1 nitrogen and oxygen atoms in total. The molecule has 1 rings (SSSR count). The van der Waals surface area contributed by atoms with Crippen molar-refractivity contribution in [3.05, 3.63) is 48.1 Å². The predicted molar refractivity (Wildman–Crippen MR) is 76.1 cm³/mol. The van der Waals surface area contributed by atoms with Crippen LogP contribution in [0.25, 0.3) is 0 Å². The normalized spacial score (nSPS) is 12.4. The molecule has 1 aromatic rings. The van der Waals surface area contributed by atoms with Crippen LogP contribution < -0.4 is 5.32 Å². The zero-order valence-electron chi connectivity index (χ0n) is 11.6. The molecule has 1 N–H and O–H groups in total. The highest BCUT2D eigenvalue weighted by Crippen LogP contribution is 2.24. The molecule has 0 spiro atoms. The Kier molecular flexibility index (Phi) is 7.34. The molecule has 1 unspecified atom stereocenters. The maximum Gasteiger partial charge on any atom is 0.163 e. The first kappa shape index (κ1) is 15.8. The van der Waals surface area contributed by atoms with Crippen LogP contribution in [0, 0.1) is 11.6 Å². The van der Waals surface area contributed by atoms with Crippen LogP contribution in [0.4, 0.5) is 8.78 Å². The van der Waals surface area contributed by atoms with Crippen molar-refractivity contribution < 1.29 is 8.78 Å². The van der Waals surface area contributed by atoms with Gasteiger partial charge >= 0.3 is 0 Å². The first-order valence-corrected chi connectivity index (χ1v) is 6.98. The fourth-order valence-electron chi connectivity index (χ4n) is 2.22. The Bertz CT molecular complexity index is 390. The third-order valence-electron chi connectivity index (χ3n) is 3.21. The lowest BCUT2D eigenvalue weighted by Crippen LogP contribution is -2.22. The van der Waals surface area contributed by atoms with Gasteiger partial charge in [0.2, 0.25) is 0 Å². The van der Waals surface area contributed by atoms with Crippen LogP contribution in [0.3, 0.4) is 0 Å². The molecule has 0 aliphatic rings. The maximum atomic E-state index is 13.8. The van der Waals surface area contributed by atoms with Crippen molar-refractivity contribution in [3.8, 4) is 0 Å². The fourth-order valence-corrected chi connectivity index (χ4v) is 2.22. The van der Waals surface area contributed by atoms with E-state index in [2.05, 4.69) is 11.9 Å². The van der Waals surface area contributed by atoms with Crippen LogP contribution in [0.2, 0.25) is 0 Å². The van der Waals surface area contributed by atoms with E-state index < -0.39 is 11.6 Å². The number of rotatable bonds is 9. The van der Waals surface area contributed by atoms with E-state index >= 15 is 0 Å². The minimum absolute atomic E-state index is 0.107. The van der Waals surface area contributed by atoms with Crippen LogP contribution in [-0.4, -0.2) is 6.54 Å². The number of halogens is 2. The van der Waals surface area contributed by atoms with Gasteiger partial charge in [0.1, 0.15) is 0 Å². The molecule has 3 heteroatoms. The molecule has 0 fully saturated rings. The molecule has 1 aromatic carbocycles. The molecular weight excluding hydrogens is 244 g/mol.